The average molecular weight is 345 g/mol. The first-order valence-corrected chi connectivity index (χ1v) is 10.2. The zero-order valence-corrected chi connectivity index (χ0v) is 15.7. The SMILES string of the molecule is CCCCCCCCCCCCCCC(O)C(O)CCCC(=O)O. The molecular weight excluding hydrogens is 304 g/mol. The highest BCUT2D eigenvalue weighted by Gasteiger charge is 2.15. The third kappa shape index (κ3) is 16.3. The summed E-state index contributed by atoms with van der Waals surface area (Å²) < 4.78 is 0. The second-order valence-corrected chi connectivity index (χ2v) is 7.10. The van der Waals surface area contributed by atoms with Gasteiger partial charge in [0.25, 0.3) is 0 Å². The molecule has 2 atom stereocenters. The number of aliphatic carboxylic acids is 1. The Balaban J connectivity index is 3.29. The van der Waals surface area contributed by atoms with E-state index in [0.717, 1.165) is 12.8 Å². The van der Waals surface area contributed by atoms with Crippen LogP contribution in [0.4, 0.5) is 0 Å². The van der Waals surface area contributed by atoms with Crippen LogP contribution in [0.5, 0.6) is 0 Å². The molecule has 0 aromatic heterocycles. The fraction of sp³-hybridized carbons (Fsp3) is 0.950. The Labute approximate surface area is 148 Å². The number of hydrogen-bond acceptors (Lipinski definition) is 3. The summed E-state index contributed by atoms with van der Waals surface area (Å²) in [6.45, 7) is 2.25. The monoisotopic (exact) mass is 344 g/mol. The molecule has 0 aliphatic carbocycles. The van der Waals surface area contributed by atoms with Crippen molar-refractivity contribution in [2.45, 2.75) is 122 Å². The molecule has 0 radical (unpaired) electrons. The van der Waals surface area contributed by atoms with E-state index in [1.165, 1.54) is 64.2 Å². The Hall–Kier alpha value is -0.610. The smallest absolute Gasteiger partial charge is 0.303 e. The lowest BCUT2D eigenvalue weighted by Crippen LogP contribution is -2.25. The zero-order chi connectivity index (χ0) is 18.0. The van der Waals surface area contributed by atoms with Crippen molar-refractivity contribution in [1.82, 2.24) is 0 Å². The van der Waals surface area contributed by atoms with Crippen LogP contribution in [0.15, 0.2) is 0 Å². The van der Waals surface area contributed by atoms with Gasteiger partial charge in [0.2, 0.25) is 0 Å². The molecule has 2 unspecified atom stereocenters. The average Bonchev–Trinajstić information content (AvgIpc) is 2.55. The lowest BCUT2D eigenvalue weighted by molar-refractivity contribution is -0.137. The summed E-state index contributed by atoms with van der Waals surface area (Å²) in [7, 11) is 0. The fourth-order valence-corrected chi connectivity index (χ4v) is 3.04. The van der Waals surface area contributed by atoms with Crippen molar-refractivity contribution in [3.05, 3.63) is 0 Å². The molecule has 0 aliphatic rings. The Morgan fingerprint density at radius 2 is 1.04 bits per heavy atom. The maximum absolute atomic E-state index is 10.4. The molecule has 3 N–H and O–H groups in total. The molecule has 0 saturated carbocycles. The highest BCUT2D eigenvalue weighted by Crippen LogP contribution is 2.15. The summed E-state index contributed by atoms with van der Waals surface area (Å²) >= 11 is 0. The standard InChI is InChI=1S/C20H40O4/c1-2-3-4-5-6-7-8-9-10-11-12-13-15-18(21)19(22)16-14-17-20(23)24/h18-19,21-22H,2-17H2,1H3,(H,23,24). The molecule has 4 heteroatoms. The second kappa shape index (κ2) is 17.2. The van der Waals surface area contributed by atoms with E-state index >= 15 is 0 Å². The van der Waals surface area contributed by atoms with Gasteiger partial charge in [-0.2, -0.15) is 0 Å². The predicted octanol–water partition coefficient (Wildman–Crippen LogP) is 5.05. The molecule has 0 fully saturated rings. The zero-order valence-electron chi connectivity index (χ0n) is 15.7. The van der Waals surface area contributed by atoms with Gasteiger partial charge >= 0.3 is 5.97 Å². The quantitative estimate of drug-likeness (QED) is 0.304. The maximum Gasteiger partial charge on any atom is 0.303 e. The number of rotatable bonds is 18. The molecule has 0 bridgehead atoms. The molecule has 0 saturated heterocycles. The van der Waals surface area contributed by atoms with E-state index in [4.69, 9.17) is 5.11 Å². The highest BCUT2D eigenvalue weighted by atomic mass is 16.4. The fourth-order valence-electron chi connectivity index (χ4n) is 3.04. The number of carboxylic acid groups (broad SMARTS) is 1. The van der Waals surface area contributed by atoms with Crippen molar-refractivity contribution in [3.63, 3.8) is 0 Å². The number of hydrogen-bond donors (Lipinski definition) is 3. The Kier molecular flexibility index (Phi) is 16.8. The van der Waals surface area contributed by atoms with Crippen LogP contribution in [0.3, 0.4) is 0 Å². The molecule has 0 spiro atoms. The van der Waals surface area contributed by atoms with Crippen LogP contribution in [0.1, 0.15) is 110 Å². The van der Waals surface area contributed by atoms with Gasteiger partial charge in [-0.3, -0.25) is 4.79 Å². The summed E-state index contributed by atoms with van der Waals surface area (Å²) in [5, 5.41) is 28.2. The van der Waals surface area contributed by atoms with Crippen LogP contribution in [0.25, 0.3) is 0 Å². The molecule has 4 nitrogen and oxygen atoms in total. The van der Waals surface area contributed by atoms with Crippen LogP contribution in [-0.2, 0) is 4.79 Å². The number of aliphatic hydroxyl groups excluding tert-OH is 2. The highest BCUT2D eigenvalue weighted by molar-refractivity contribution is 5.66. The second-order valence-electron chi connectivity index (χ2n) is 7.10. The van der Waals surface area contributed by atoms with Gasteiger partial charge in [0.05, 0.1) is 12.2 Å². The first-order valence-electron chi connectivity index (χ1n) is 10.2. The summed E-state index contributed by atoms with van der Waals surface area (Å²) in [5.41, 5.74) is 0. The molecule has 0 rings (SSSR count). The summed E-state index contributed by atoms with van der Waals surface area (Å²) in [5.74, 6) is -0.849. The van der Waals surface area contributed by atoms with E-state index in [1.807, 2.05) is 0 Å². The van der Waals surface area contributed by atoms with Crippen LogP contribution in [0, 0.1) is 0 Å². The maximum atomic E-state index is 10.4. The normalized spacial score (nSPS) is 13.8. The molecule has 0 aromatic carbocycles. The largest absolute Gasteiger partial charge is 0.481 e. The van der Waals surface area contributed by atoms with Crippen LogP contribution < -0.4 is 0 Å². The van der Waals surface area contributed by atoms with E-state index < -0.39 is 18.2 Å². The van der Waals surface area contributed by atoms with Gasteiger partial charge in [-0.1, -0.05) is 84.0 Å². The van der Waals surface area contributed by atoms with E-state index in [0.29, 0.717) is 19.3 Å². The molecule has 0 heterocycles. The van der Waals surface area contributed by atoms with E-state index in [9.17, 15) is 15.0 Å². The predicted molar refractivity (Wildman–Crippen MR) is 99.2 cm³/mol. The topological polar surface area (TPSA) is 77.8 Å². The van der Waals surface area contributed by atoms with E-state index in [1.54, 1.807) is 0 Å². The molecule has 144 valence electrons. The van der Waals surface area contributed by atoms with Gasteiger partial charge in [-0.25, -0.2) is 0 Å². The third-order valence-electron chi connectivity index (χ3n) is 4.69. The van der Waals surface area contributed by atoms with Gasteiger partial charge in [-0.05, 0) is 19.3 Å². The van der Waals surface area contributed by atoms with Gasteiger partial charge in [0.15, 0.2) is 0 Å². The third-order valence-corrected chi connectivity index (χ3v) is 4.69. The Bertz CT molecular complexity index is 281. The minimum Gasteiger partial charge on any atom is -0.481 e. The van der Waals surface area contributed by atoms with Crippen molar-refractivity contribution in [2.24, 2.45) is 0 Å². The van der Waals surface area contributed by atoms with Crippen molar-refractivity contribution in [3.8, 4) is 0 Å². The van der Waals surface area contributed by atoms with Crippen molar-refractivity contribution in [1.29, 1.82) is 0 Å². The Morgan fingerprint density at radius 3 is 1.46 bits per heavy atom. The van der Waals surface area contributed by atoms with Crippen molar-refractivity contribution < 1.29 is 20.1 Å². The number of carbonyl (C=O) groups is 1. The van der Waals surface area contributed by atoms with E-state index in [2.05, 4.69) is 6.92 Å². The molecule has 0 aromatic rings. The number of aliphatic hydroxyl groups is 2. The first kappa shape index (κ1) is 23.4. The van der Waals surface area contributed by atoms with Crippen molar-refractivity contribution >= 4 is 5.97 Å². The van der Waals surface area contributed by atoms with Gasteiger partial charge < -0.3 is 15.3 Å². The van der Waals surface area contributed by atoms with E-state index in [-0.39, 0.29) is 6.42 Å². The molecule has 24 heavy (non-hydrogen) atoms. The molecule has 0 amide bonds. The molecule has 0 aliphatic heterocycles. The lowest BCUT2D eigenvalue weighted by Gasteiger charge is -2.17. The number of carboxylic acids is 1. The Morgan fingerprint density at radius 1 is 0.667 bits per heavy atom. The van der Waals surface area contributed by atoms with Gasteiger partial charge in [-0.15, -0.1) is 0 Å². The van der Waals surface area contributed by atoms with Crippen LogP contribution in [-0.4, -0.2) is 33.5 Å². The van der Waals surface area contributed by atoms with Gasteiger partial charge in [0, 0.05) is 6.42 Å². The summed E-state index contributed by atoms with van der Waals surface area (Å²) in [6.07, 6.45) is 15.4. The van der Waals surface area contributed by atoms with Gasteiger partial charge in [0.1, 0.15) is 0 Å². The molecular formula is C20H40O4. The summed E-state index contributed by atoms with van der Waals surface area (Å²) in [4.78, 5) is 10.4. The van der Waals surface area contributed by atoms with Crippen molar-refractivity contribution in [2.75, 3.05) is 0 Å². The lowest BCUT2D eigenvalue weighted by atomic mass is 10.0. The number of unbranched alkanes of at least 4 members (excludes halogenated alkanes) is 11. The van der Waals surface area contributed by atoms with Crippen LogP contribution in [0.2, 0.25) is 0 Å². The first-order chi connectivity index (χ1) is 11.6. The van der Waals surface area contributed by atoms with Crippen LogP contribution >= 0.6 is 0 Å². The summed E-state index contributed by atoms with van der Waals surface area (Å²) in [6, 6.07) is 0. The minimum absolute atomic E-state index is 0.0579. The minimum atomic E-state index is -0.849.